The third kappa shape index (κ3) is 2.51. The van der Waals surface area contributed by atoms with E-state index in [-0.39, 0.29) is 23.7 Å². The lowest BCUT2D eigenvalue weighted by atomic mass is 9.78. The molecule has 0 unspecified atom stereocenters. The fourth-order valence-electron chi connectivity index (χ4n) is 4.22. The Morgan fingerprint density at radius 1 is 1.36 bits per heavy atom. The van der Waals surface area contributed by atoms with Crippen LogP contribution in [0.3, 0.4) is 0 Å². The van der Waals surface area contributed by atoms with Crippen molar-refractivity contribution < 1.29 is 14.7 Å². The maximum atomic E-state index is 12.5. The summed E-state index contributed by atoms with van der Waals surface area (Å²) in [5.74, 6) is -1.37. The molecule has 120 valence electrons. The fourth-order valence-corrected chi connectivity index (χ4v) is 4.22. The zero-order chi connectivity index (χ0) is 15.9. The van der Waals surface area contributed by atoms with Crippen molar-refractivity contribution in [1.29, 1.82) is 0 Å². The van der Waals surface area contributed by atoms with Crippen LogP contribution in [0.25, 0.3) is 0 Å². The summed E-state index contributed by atoms with van der Waals surface area (Å²) in [6.45, 7) is 5.15. The number of carboxylic acid groups (broad SMARTS) is 1. The van der Waals surface area contributed by atoms with Gasteiger partial charge in [0, 0.05) is 24.8 Å². The van der Waals surface area contributed by atoms with Gasteiger partial charge in [-0.2, -0.15) is 5.10 Å². The predicted octanol–water partition coefficient (Wildman–Crippen LogP) is 1.57. The van der Waals surface area contributed by atoms with Crippen molar-refractivity contribution in [3.05, 3.63) is 17.5 Å². The van der Waals surface area contributed by atoms with Gasteiger partial charge in [-0.15, -0.1) is 0 Å². The Balaban J connectivity index is 1.66. The molecule has 0 radical (unpaired) electrons. The maximum absolute atomic E-state index is 12.5. The van der Waals surface area contributed by atoms with E-state index in [9.17, 15) is 14.7 Å². The number of nitrogens with one attached hydrogen (secondary N) is 1. The molecule has 6 nitrogen and oxygen atoms in total. The van der Waals surface area contributed by atoms with Gasteiger partial charge in [-0.1, -0.05) is 0 Å². The summed E-state index contributed by atoms with van der Waals surface area (Å²) in [4.78, 5) is 24.0. The van der Waals surface area contributed by atoms with E-state index in [4.69, 9.17) is 0 Å². The van der Waals surface area contributed by atoms with Crippen LogP contribution in [0.2, 0.25) is 0 Å². The summed E-state index contributed by atoms with van der Waals surface area (Å²) >= 11 is 0. The van der Waals surface area contributed by atoms with Crippen LogP contribution in [0.5, 0.6) is 0 Å². The number of aromatic nitrogens is 2. The molecule has 1 heterocycles. The third-order valence-electron chi connectivity index (χ3n) is 5.33. The molecule has 1 aromatic heterocycles. The van der Waals surface area contributed by atoms with Crippen LogP contribution >= 0.6 is 0 Å². The molecular weight excluding hydrogens is 282 g/mol. The summed E-state index contributed by atoms with van der Waals surface area (Å²) in [6, 6.07) is 0. The van der Waals surface area contributed by atoms with Crippen LogP contribution in [0, 0.1) is 30.6 Å². The van der Waals surface area contributed by atoms with Gasteiger partial charge in [-0.05, 0) is 44.9 Å². The van der Waals surface area contributed by atoms with E-state index in [0.717, 1.165) is 37.1 Å². The number of rotatable bonds is 5. The fraction of sp³-hybridized carbons (Fsp3) is 0.688. The van der Waals surface area contributed by atoms with Gasteiger partial charge >= 0.3 is 5.97 Å². The molecule has 2 N–H and O–H groups in total. The quantitative estimate of drug-likeness (QED) is 0.865. The van der Waals surface area contributed by atoms with E-state index in [1.165, 1.54) is 0 Å². The van der Waals surface area contributed by atoms with Crippen LogP contribution in [-0.2, 0) is 22.7 Å². The molecule has 0 aromatic carbocycles. The average Bonchev–Trinajstić information content (AvgIpc) is 3.18. The van der Waals surface area contributed by atoms with Gasteiger partial charge in [0.2, 0.25) is 5.91 Å². The number of carboxylic acids is 1. The number of carbonyl (C=O) groups excluding carboxylic acids is 1. The first kappa shape index (κ1) is 15.1. The lowest BCUT2D eigenvalue weighted by molar-refractivity contribution is -0.149. The highest BCUT2D eigenvalue weighted by molar-refractivity contribution is 5.86. The Hall–Kier alpha value is -1.85. The first-order valence-electron chi connectivity index (χ1n) is 8.04. The van der Waals surface area contributed by atoms with Crippen LogP contribution in [-0.4, -0.2) is 26.8 Å². The molecule has 1 amide bonds. The first-order valence-corrected chi connectivity index (χ1v) is 8.04. The van der Waals surface area contributed by atoms with Gasteiger partial charge in [0.05, 0.1) is 17.5 Å². The maximum Gasteiger partial charge on any atom is 0.307 e. The van der Waals surface area contributed by atoms with E-state index >= 15 is 0 Å². The second kappa shape index (κ2) is 5.74. The van der Waals surface area contributed by atoms with E-state index < -0.39 is 11.9 Å². The number of aliphatic carboxylic acids is 1. The highest BCUT2D eigenvalue weighted by Crippen LogP contribution is 2.52. The molecule has 1 aromatic rings. The van der Waals surface area contributed by atoms with Gasteiger partial charge in [-0.3, -0.25) is 14.3 Å². The minimum Gasteiger partial charge on any atom is -0.481 e. The molecule has 22 heavy (non-hydrogen) atoms. The standard InChI is InChI=1S/C16H23N3O3/c1-3-19-8-12(9(2)18-19)7-17-15(20)13-10-4-5-11(6-10)14(13)16(21)22/h8,10-11,13-14H,3-7H2,1-2H3,(H,17,20)(H,21,22)/t10-,11-,13+,14+/m0/s1. The number of hydrogen-bond acceptors (Lipinski definition) is 3. The normalized spacial score (nSPS) is 29.7. The number of aryl methyl sites for hydroxylation is 2. The number of amides is 1. The van der Waals surface area contributed by atoms with Crippen molar-refractivity contribution in [3.8, 4) is 0 Å². The van der Waals surface area contributed by atoms with Gasteiger partial charge in [-0.25, -0.2) is 0 Å². The smallest absolute Gasteiger partial charge is 0.307 e. The molecule has 3 rings (SSSR count). The molecule has 6 heteroatoms. The minimum absolute atomic E-state index is 0.108. The number of carbonyl (C=O) groups is 2. The van der Waals surface area contributed by atoms with Crippen molar-refractivity contribution in [3.63, 3.8) is 0 Å². The molecule has 0 saturated heterocycles. The molecule has 2 aliphatic rings. The van der Waals surface area contributed by atoms with E-state index in [1.54, 1.807) is 0 Å². The summed E-state index contributed by atoms with van der Waals surface area (Å²) in [7, 11) is 0. The monoisotopic (exact) mass is 305 g/mol. The largest absolute Gasteiger partial charge is 0.481 e. The predicted molar refractivity (Wildman–Crippen MR) is 79.9 cm³/mol. The van der Waals surface area contributed by atoms with Crippen molar-refractivity contribution >= 4 is 11.9 Å². The number of nitrogens with zero attached hydrogens (tertiary/aromatic N) is 2. The SMILES string of the molecule is CCn1cc(CNC(=O)[C@@H]2[C@H]3CC[C@@H](C3)[C@H]2C(=O)O)c(C)n1. The van der Waals surface area contributed by atoms with Gasteiger partial charge in [0.1, 0.15) is 0 Å². The lowest BCUT2D eigenvalue weighted by Crippen LogP contribution is -2.41. The molecule has 0 spiro atoms. The lowest BCUT2D eigenvalue weighted by Gasteiger charge is -2.27. The van der Waals surface area contributed by atoms with E-state index in [1.807, 2.05) is 24.7 Å². The molecule has 4 atom stereocenters. The van der Waals surface area contributed by atoms with Crippen LogP contribution in [0.1, 0.15) is 37.4 Å². The van der Waals surface area contributed by atoms with Crippen LogP contribution in [0.4, 0.5) is 0 Å². The Morgan fingerprint density at radius 3 is 2.64 bits per heavy atom. The van der Waals surface area contributed by atoms with E-state index in [0.29, 0.717) is 6.54 Å². The average molecular weight is 305 g/mol. The van der Waals surface area contributed by atoms with Crippen LogP contribution in [0.15, 0.2) is 6.20 Å². The topological polar surface area (TPSA) is 84.2 Å². The number of fused-ring (bicyclic) bond motifs is 2. The second-order valence-electron chi connectivity index (χ2n) is 6.54. The van der Waals surface area contributed by atoms with Crippen molar-refractivity contribution in [2.45, 2.75) is 46.2 Å². The Labute approximate surface area is 129 Å². The summed E-state index contributed by atoms with van der Waals surface area (Å²) in [5.41, 5.74) is 1.90. The van der Waals surface area contributed by atoms with Crippen molar-refractivity contribution in [2.75, 3.05) is 0 Å². The minimum atomic E-state index is -0.817. The summed E-state index contributed by atoms with van der Waals surface area (Å²) < 4.78 is 1.84. The highest BCUT2D eigenvalue weighted by atomic mass is 16.4. The molecule has 2 fully saturated rings. The molecule has 0 aliphatic heterocycles. The molecule has 2 aliphatic carbocycles. The second-order valence-corrected chi connectivity index (χ2v) is 6.54. The highest BCUT2D eigenvalue weighted by Gasteiger charge is 2.53. The van der Waals surface area contributed by atoms with Gasteiger partial charge < -0.3 is 10.4 Å². The molecule has 2 saturated carbocycles. The number of hydrogen-bond donors (Lipinski definition) is 2. The van der Waals surface area contributed by atoms with Crippen LogP contribution < -0.4 is 5.32 Å². The summed E-state index contributed by atoms with van der Waals surface area (Å²) in [5, 5.41) is 16.7. The van der Waals surface area contributed by atoms with Crippen molar-refractivity contribution in [2.24, 2.45) is 23.7 Å². The third-order valence-corrected chi connectivity index (χ3v) is 5.33. The Bertz CT molecular complexity index is 595. The molecular formula is C16H23N3O3. The zero-order valence-electron chi connectivity index (χ0n) is 13.1. The first-order chi connectivity index (χ1) is 10.5. The van der Waals surface area contributed by atoms with Crippen molar-refractivity contribution in [1.82, 2.24) is 15.1 Å². The van der Waals surface area contributed by atoms with Gasteiger partial charge in [0.25, 0.3) is 0 Å². The van der Waals surface area contributed by atoms with E-state index in [2.05, 4.69) is 10.4 Å². The molecule has 2 bridgehead atoms. The Morgan fingerprint density at radius 2 is 2.05 bits per heavy atom. The Kier molecular flexibility index (Phi) is 3.93. The zero-order valence-corrected chi connectivity index (χ0v) is 13.1. The summed E-state index contributed by atoms with van der Waals surface area (Å²) in [6.07, 6.45) is 4.76. The van der Waals surface area contributed by atoms with Gasteiger partial charge in [0.15, 0.2) is 0 Å².